The van der Waals surface area contributed by atoms with Crippen molar-refractivity contribution in [1.29, 1.82) is 0 Å². The number of carbonyl (C=O) groups is 2. The molecule has 0 saturated heterocycles. The molecule has 0 bridgehead atoms. The molecular weight excluding hydrogens is 534 g/mol. The summed E-state index contributed by atoms with van der Waals surface area (Å²) in [6, 6.07) is 16.3. The van der Waals surface area contributed by atoms with E-state index in [1.807, 2.05) is 36.4 Å². The van der Waals surface area contributed by atoms with Gasteiger partial charge in [0, 0.05) is 32.5 Å². The number of fused-ring (bicyclic) bond motifs is 1. The van der Waals surface area contributed by atoms with E-state index in [4.69, 9.17) is 16.0 Å². The molecule has 0 atom stereocenters. The number of halogens is 2. The molecule has 4 aromatic rings. The molecule has 0 unspecified atom stereocenters. The molecule has 0 radical (unpaired) electrons. The lowest BCUT2D eigenvalue weighted by molar-refractivity contribution is 0.0869. The molecule has 1 saturated carbocycles. The van der Waals surface area contributed by atoms with Gasteiger partial charge in [-0.15, -0.1) is 10.2 Å². The van der Waals surface area contributed by atoms with E-state index in [9.17, 15) is 9.59 Å². The zero-order valence-electron chi connectivity index (χ0n) is 18.5. The van der Waals surface area contributed by atoms with Crippen LogP contribution in [0.2, 0.25) is 5.02 Å². The Morgan fingerprint density at radius 3 is 2.29 bits per heavy atom. The van der Waals surface area contributed by atoms with Crippen molar-refractivity contribution in [3.8, 4) is 11.5 Å². The van der Waals surface area contributed by atoms with Crippen molar-refractivity contribution in [2.45, 2.75) is 37.8 Å². The standard InChI is InChI=1S/C25H21BrClN5O3/c26-16-4-1-14(2-5-16)24-31-32-25(35-24)23(34)29-19-9-7-18(8-10-19)28-22(33)21-11-3-15-13-17(27)6-12-20(15)30-21/h1-6,11-13,18-19H,7-10H2,(H,28,33)(H,29,34)/t18-,19-. The summed E-state index contributed by atoms with van der Waals surface area (Å²) >= 11 is 9.39. The van der Waals surface area contributed by atoms with Crippen LogP contribution in [-0.2, 0) is 0 Å². The Balaban J connectivity index is 1.13. The topological polar surface area (TPSA) is 110 Å². The first-order valence-corrected chi connectivity index (χ1v) is 12.4. The normalized spacial score (nSPS) is 17.8. The molecule has 178 valence electrons. The second kappa shape index (κ2) is 10.1. The summed E-state index contributed by atoms with van der Waals surface area (Å²) in [6.07, 6.45) is 2.95. The van der Waals surface area contributed by atoms with Crippen LogP contribution in [-0.4, -0.2) is 39.1 Å². The quantitative estimate of drug-likeness (QED) is 0.352. The molecule has 35 heavy (non-hydrogen) atoms. The van der Waals surface area contributed by atoms with Crippen molar-refractivity contribution in [3.05, 3.63) is 75.7 Å². The molecule has 0 spiro atoms. The van der Waals surface area contributed by atoms with Gasteiger partial charge in [0.1, 0.15) is 5.69 Å². The fourth-order valence-corrected chi connectivity index (χ4v) is 4.58. The first kappa shape index (κ1) is 23.4. The van der Waals surface area contributed by atoms with Crippen molar-refractivity contribution in [2.75, 3.05) is 0 Å². The van der Waals surface area contributed by atoms with Gasteiger partial charge in [0.25, 0.3) is 5.91 Å². The lowest BCUT2D eigenvalue weighted by atomic mass is 9.91. The number of amides is 2. The molecule has 1 fully saturated rings. The SMILES string of the molecule is O=C(N[C@H]1CC[C@H](NC(=O)c2nnc(-c3ccc(Br)cc3)o2)CC1)c1ccc2cc(Cl)ccc2n1. The highest BCUT2D eigenvalue weighted by Gasteiger charge is 2.26. The van der Waals surface area contributed by atoms with Gasteiger partial charge in [0.15, 0.2) is 0 Å². The van der Waals surface area contributed by atoms with Gasteiger partial charge in [-0.1, -0.05) is 33.6 Å². The summed E-state index contributed by atoms with van der Waals surface area (Å²) in [5, 5.41) is 15.4. The molecule has 2 amide bonds. The number of nitrogens with one attached hydrogen (secondary N) is 2. The zero-order valence-corrected chi connectivity index (χ0v) is 20.8. The molecule has 1 aliphatic rings. The van der Waals surface area contributed by atoms with Gasteiger partial charge in [-0.05, 0) is 74.2 Å². The highest BCUT2D eigenvalue weighted by molar-refractivity contribution is 9.10. The van der Waals surface area contributed by atoms with E-state index in [2.05, 4.69) is 41.7 Å². The molecule has 0 aliphatic heterocycles. The first-order chi connectivity index (χ1) is 16.9. The number of hydrogen-bond donors (Lipinski definition) is 2. The molecule has 2 aromatic heterocycles. The second-order valence-corrected chi connectivity index (χ2v) is 9.80. The van der Waals surface area contributed by atoms with Crippen molar-refractivity contribution in [1.82, 2.24) is 25.8 Å². The van der Waals surface area contributed by atoms with Gasteiger partial charge < -0.3 is 15.1 Å². The number of benzene rings is 2. The minimum absolute atomic E-state index is 0.0192. The van der Waals surface area contributed by atoms with Gasteiger partial charge in [0.2, 0.25) is 5.89 Å². The van der Waals surface area contributed by atoms with Gasteiger partial charge in [-0.3, -0.25) is 9.59 Å². The first-order valence-electron chi connectivity index (χ1n) is 11.2. The van der Waals surface area contributed by atoms with Gasteiger partial charge >= 0.3 is 11.8 Å². The molecule has 5 rings (SSSR count). The largest absolute Gasteiger partial charge is 0.412 e. The zero-order chi connectivity index (χ0) is 24.4. The lowest BCUT2D eigenvalue weighted by Crippen LogP contribution is -2.44. The van der Waals surface area contributed by atoms with E-state index in [1.165, 1.54) is 0 Å². The lowest BCUT2D eigenvalue weighted by Gasteiger charge is -2.29. The summed E-state index contributed by atoms with van der Waals surface area (Å²) in [4.78, 5) is 29.7. The Kier molecular flexibility index (Phi) is 6.79. The Labute approximate surface area is 214 Å². The Bertz CT molecular complexity index is 1380. The third-order valence-electron chi connectivity index (χ3n) is 5.99. The van der Waals surface area contributed by atoms with Crippen molar-refractivity contribution >= 4 is 50.2 Å². The van der Waals surface area contributed by atoms with E-state index in [0.717, 1.165) is 46.6 Å². The average Bonchev–Trinajstić information content (AvgIpc) is 3.36. The summed E-state index contributed by atoms with van der Waals surface area (Å²) in [5.41, 5.74) is 1.83. The molecular formula is C25H21BrClN5O3. The van der Waals surface area contributed by atoms with Gasteiger partial charge in [-0.2, -0.15) is 0 Å². The minimum atomic E-state index is -0.395. The summed E-state index contributed by atoms with van der Waals surface area (Å²) in [5.74, 6) is -0.379. The van der Waals surface area contributed by atoms with Crippen LogP contribution >= 0.6 is 27.5 Å². The van der Waals surface area contributed by atoms with Crippen LogP contribution in [0.15, 0.2) is 63.5 Å². The fourth-order valence-electron chi connectivity index (χ4n) is 4.14. The van der Waals surface area contributed by atoms with Crippen LogP contribution in [0.4, 0.5) is 0 Å². The summed E-state index contributed by atoms with van der Waals surface area (Å²) < 4.78 is 6.49. The van der Waals surface area contributed by atoms with E-state index in [0.29, 0.717) is 16.6 Å². The smallest absolute Gasteiger partial charge is 0.309 e. The number of aromatic nitrogens is 3. The van der Waals surface area contributed by atoms with Crippen LogP contribution in [0.5, 0.6) is 0 Å². The molecule has 2 N–H and O–H groups in total. The minimum Gasteiger partial charge on any atom is -0.412 e. The maximum absolute atomic E-state index is 12.7. The van der Waals surface area contributed by atoms with Crippen LogP contribution in [0, 0.1) is 0 Å². The van der Waals surface area contributed by atoms with Crippen LogP contribution in [0.25, 0.3) is 22.4 Å². The Morgan fingerprint density at radius 2 is 1.57 bits per heavy atom. The number of rotatable bonds is 5. The number of hydrogen-bond acceptors (Lipinski definition) is 6. The Morgan fingerprint density at radius 1 is 0.886 bits per heavy atom. The second-order valence-electron chi connectivity index (χ2n) is 8.45. The number of nitrogens with zero attached hydrogens (tertiary/aromatic N) is 3. The molecule has 1 aliphatic carbocycles. The Hall–Kier alpha value is -3.30. The van der Waals surface area contributed by atoms with Gasteiger partial charge in [0.05, 0.1) is 5.52 Å². The summed E-state index contributed by atoms with van der Waals surface area (Å²) in [6.45, 7) is 0. The van der Waals surface area contributed by atoms with E-state index < -0.39 is 5.91 Å². The third kappa shape index (κ3) is 5.52. The van der Waals surface area contributed by atoms with Gasteiger partial charge in [-0.25, -0.2) is 4.98 Å². The molecule has 8 nitrogen and oxygen atoms in total. The average molecular weight is 555 g/mol. The number of carbonyl (C=O) groups excluding carboxylic acids is 2. The van der Waals surface area contributed by atoms with Crippen molar-refractivity contribution < 1.29 is 14.0 Å². The maximum atomic E-state index is 12.7. The predicted molar refractivity (Wildman–Crippen MR) is 135 cm³/mol. The highest BCUT2D eigenvalue weighted by atomic mass is 79.9. The van der Waals surface area contributed by atoms with Crippen LogP contribution in [0.1, 0.15) is 46.9 Å². The number of pyridine rings is 1. The molecule has 2 heterocycles. The third-order valence-corrected chi connectivity index (χ3v) is 6.76. The van der Waals surface area contributed by atoms with E-state index >= 15 is 0 Å². The summed E-state index contributed by atoms with van der Waals surface area (Å²) in [7, 11) is 0. The highest BCUT2D eigenvalue weighted by Crippen LogP contribution is 2.23. The molecule has 2 aromatic carbocycles. The van der Waals surface area contributed by atoms with Crippen LogP contribution in [0.3, 0.4) is 0 Å². The van der Waals surface area contributed by atoms with Crippen molar-refractivity contribution in [3.63, 3.8) is 0 Å². The monoisotopic (exact) mass is 553 g/mol. The fraction of sp³-hybridized carbons (Fsp3) is 0.240. The van der Waals surface area contributed by atoms with Crippen molar-refractivity contribution in [2.24, 2.45) is 0 Å². The van der Waals surface area contributed by atoms with Crippen LogP contribution < -0.4 is 10.6 Å². The van der Waals surface area contributed by atoms with E-state index in [-0.39, 0.29) is 23.9 Å². The van der Waals surface area contributed by atoms with E-state index in [1.54, 1.807) is 18.2 Å². The predicted octanol–water partition coefficient (Wildman–Crippen LogP) is 5.17. The maximum Gasteiger partial charge on any atom is 0.309 e. The molecule has 10 heteroatoms.